The average Bonchev–Trinajstić information content (AvgIpc) is 3.39. The lowest BCUT2D eigenvalue weighted by atomic mass is 9.95. The van der Waals surface area contributed by atoms with E-state index in [1.165, 1.54) is 0 Å². The number of aromatic nitrogens is 3. The summed E-state index contributed by atoms with van der Waals surface area (Å²) in [6.45, 7) is 13.8. The zero-order valence-corrected chi connectivity index (χ0v) is 24.9. The van der Waals surface area contributed by atoms with Crippen molar-refractivity contribution in [3.05, 3.63) is 28.7 Å². The summed E-state index contributed by atoms with van der Waals surface area (Å²) in [6.07, 6.45) is 2.56. The number of aryl methyl sites for hydroxylation is 2. The number of furan rings is 1. The molecule has 212 valence electrons. The van der Waals surface area contributed by atoms with E-state index in [4.69, 9.17) is 35.5 Å². The van der Waals surface area contributed by atoms with Crippen LogP contribution in [0.25, 0.3) is 22.3 Å². The molecule has 39 heavy (non-hydrogen) atoms. The van der Waals surface area contributed by atoms with Crippen molar-refractivity contribution in [2.24, 2.45) is 11.8 Å². The fourth-order valence-corrected chi connectivity index (χ4v) is 5.65. The number of hydrogen-bond donors (Lipinski definition) is 2. The van der Waals surface area contributed by atoms with Crippen LogP contribution in [0.1, 0.15) is 72.2 Å². The van der Waals surface area contributed by atoms with Gasteiger partial charge in [0.1, 0.15) is 28.4 Å². The molecular formula is C29H40ClN5O4. The maximum atomic E-state index is 12.7. The monoisotopic (exact) mass is 557 g/mol. The first kappa shape index (κ1) is 28.9. The predicted octanol–water partition coefficient (Wildman–Crippen LogP) is 7.41. The molecule has 3 aromatic heterocycles. The lowest BCUT2D eigenvalue weighted by molar-refractivity contribution is -0.0366. The number of pyridine rings is 1. The standard InChI is InChI=1S/C29H40ClN5O4/c1-9-11-19-12-18-14-21(37-24(18)16(4)32-19)22-25(30)34-27(31-8)35-26(22)33-20-13-17(10-2)15(3)23(20)38-28(36)39-29(5,6)7/h12,14-15,17,20,23H,9-11,13H2,1-8H3,(H2,31,33,34,35)/t15-,17+,20-,23-/m1/s1. The van der Waals surface area contributed by atoms with Gasteiger partial charge in [0, 0.05) is 18.1 Å². The molecule has 0 aliphatic heterocycles. The van der Waals surface area contributed by atoms with Crippen LogP contribution in [0.4, 0.5) is 16.6 Å². The molecule has 1 saturated carbocycles. The second-order valence-electron chi connectivity index (χ2n) is 11.4. The molecule has 0 aromatic carbocycles. The van der Waals surface area contributed by atoms with Crippen molar-refractivity contribution in [1.29, 1.82) is 0 Å². The molecule has 1 aliphatic carbocycles. The third kappa shape index (κ3) is 6.40. The Balaban J connectivity index is 1.73. The van der Waals surface area contributed by atoms with Crippen molar-refractivity contribution in [3.8, 4) is 11.3 Å². The average molecular weight is 558 g/mol. The fourth-order valence-electron chi connectivity index (χ4n) is 5.39. The number of ether oxygens (including phenoxy) is 2. The molecule has 3 aromatic rings. The van der Waals surface area contributed by atoms with Gasteiger partial charge in [0.25, 0.3) is 0 Å². The second kappa shape index (κ2) is 11.6. The third-order valence-electron chi connectivity index (χ3n) is 7.25. The van der Waals surface area contributed by atoms with Crippen LogP contribution in [0.15, 0.2) is 16.5 Å². The highest BCUT2D eigenvalue weighted by Crippen LogP contribution is 2.42. The zero-order chi connectivity index (χ0) is 28.5. The van der Waals surface area contributed by atoms with Gasteiger partial charge in [-0.15, -0.1) is 0 Å². The highest BCUT2D eigenvalue weighted by atomic mass is 35.5. The summed E-state index contributed by atoms with van der Waals surface area (Å²) in [7, 11) is 1.74. The topological polar surface area (TPSA) is 111 Å². The minimum absolute atomic E-state index is 0.126. The van der Waals surface area contributed by atoms with Gasteiger partial charge in [0.05, 0.1) is 17.3 Å². The summed E-state index contributed by atoms with van der Waals surface area (Å²) in [5, 5.41) is 7.72. The summed E-state index contributed by atoms with van der Waals surface area (Å²) in [5.41, 5.74) is 2.45. The van der Waals surface area contributed by atoms with Gasteiger partial charge in [0.2, 0.25) is 5.95 Å². The molecule has 0 amide bonds. The van der Waals surface area contributed by atoms with E-state index in [0.29, 0.717) is 34.6 Å². The first-order valence-electron chi connectivity index (χ1n) is 13.8. The van der Waals surface area contributed by atoms with Crippen LogP contribution in [0.5, 0.6) is 0 Å². The number of carbonyl (C=O) groups excluding carboxylic acids is 1. The predicted molar refractivity (Wildman–Crippen MR) is 154 cm³/mol. The number of fused-ring (bicyclic) bond motifs is 1. The Bertz CT molecular complexity index is 1340. The second-order valence-corrected chi connectivity index (χ2v) is 11.7. The number of rotatable bonds is 8. The van der Waals surface area contributed by atoms with Crippen LogP contribution >= 0.6 is 11.6 Å². The quantitative estimate of drug-likeness (QED) is 0.216. The minimum Gasteiger partial charge on any atom is -0.454 e. The zero-order valence-electron chi connectivity index (χ0n) is 24.1. The van der Waals surface area contributed by atoms with Crippen LogP contribution in [0.3, 0.4) is 0 Å². The first-order chi connectivity index (χ1) is 18.4. The van der Waals surface area contributed by atoms with E-state index in [0.717, 1.165) is 42.5 Å². The van der Waals surface area contributed by atoms with Gasteiger partial charge in [-0.25, -0.2) is 9.78 Å². The van der Waals surface area contributed by atoms with Crippen molar-refractivity contribution in [3.63, 3.8) is 0 Å². The van der Waals surface area contributed by atoms with Gasteiger partial charge in [-0.3, -0.25) is 4.98 Å². The fraction of sp³-hybridized carbons (Fsp3) is 0.586. The molecule has 0 radical (unpaired) electrons. The van der Waals surface area contributed by atoms with Crippen LogP contribution in [0.2, 0.25) is 5.15 Å². The van der Waals surface area contributed by atoms with Gasteiger partial charge < -0.3 is 24.5 Å². The Morgan fingerprint density at radius 3 is 2.59 bits per heavy atom. The van der Waals surface area contributed by atoms with Gasteiger partial charge in [-0.2, -0.15) is 4.98 Å². The summed E-state index contributed by atoms with van der Waals surface area (Å²) in [4.78, 5) is 26.5. The third-order valence-corrected chi connectivity index (χ3v) is 7.52. The number of nitrogens with one attached hydrogen (secondary N) is 2. The maximum absolute atomic E-state index is 12.7. The Morgan fingerprint density at radius 2 is 1.95 bits per heavy atom. The summed E-state index contributed by atoms with van der Waals surface area (Å²) >= 11 is 6.75. The Hall–Kier alpha value is -3.07. The Kier molecular flexibility index (Phi) is 8.59. The molecule has 0 unspecified atom stereocenters. The number of anilines is 2. The van der Waals surface area contributed by atoms with E-state index in [2.05, 4.69) is 42.5 Å². The lowest BCUT2D eigenvalue weighted by Crippen LogP contribution is -2.38. The van der Waals surface area contributed by atoms with Crippen LogP contribution in [-0.4, -0.2) is 45.9 Å². The van der Waals surface area contributed by atoms with Gasteiger partial charge in [-0.05, 0) is 64.5 Å². The van der Waals surface area contributed by atoms with Gasteiger partial charge in [0.15, 0.2) is 5.58 Å². The molecule has 4 atom stereocenters. The van der Waals surface area contributed by atoms with Crippen LogP contribution in [-0.2, 0) is 15.9 Å². The summed E-state index contributed by atoms with van der Waals surface area (Å²) in [5.74, 6) is 1.90. The lowest BCUT2D eigenvalue weighted by Gasteiger charge is -2.27. The van der Waals surface area contributed by atoms with Crippen LogP contribution in [0, 0.1) is 18.8 Å². The molecular weight excluding hydrogens is 518 g/mol. The first-order valence-corrected chi connectivity index (χ1v) is 14.1. The number of halogens is 1. The normalized spacial score (nSPS) is 21.3. The van der Waals surface area contributed by atoms with E-state index in [-0.39, 0.29) is 17.1 Å². The largest absolute Gasteiger partial charge is 0.509 e. The highest BCUT2D eigenvalue weighted by molar-refractivity contribution is 6.32. The van der Waals surface area contributed by atoms with E-state index in [1.807, 2.05) is 33.8 Å². The molecule has 10 heteroatoms. The summed E-state index contributed by atoms with van der Waals surface area (Å²) < 4.78 is 17.7. The molecule has 2 N–H and O–H groups in total. The number of hydrogen-bond acceptors (Lipinski definition) is 9. The number of carbonyl (C=O) groups is 1. The van der Waals surface area contributed by atoms with Crippen molar-refractivity contribution in [2.75, 3.05) is 17.7 Å². The molecule has 9 nitrogen and oxygen atoms in total. The van der Waals surface area contributed by atoms with Crippen molar-refractivity contribution in [1.82, 2.24) is 15.0 Å². The SMILES string of the molecule is CCCc1cc2cc(-c3c(Cl)nc(NC)nc3N[C@@H]3C[C@H](CC)[C@@H](C)[C@H]3OC(=O)OC(C)(C)C)oc2c(C)n1. The number of nitrogens with zero attached hydrogens (tertiary/aromatic N) is 3. The summed E-state index contributed by atoms with van der Waals surface area (Å²) in [6, 6.07) is 3.80. The minimum atomic E-state index is -0.678. The molecule has 4 rings (SSSR count). The highest BCUT2D eigenvalue weighted by Gasteiger charge is 2.44. The molecule has 0 bridgehead atoms. The van der Waals surface area contributed by atoms with E-state index < -0.39 is 17.9 Å². The molecule has 0 spiro atoms. The van der Waals surface area contributed by atoms with E-state index >= 15 is 0 Å². The van der Waals surface area contributed by atoms with Crippen molar-refractivity contribution < 1.29 is 18.7 Å². The van der Waals surface area contributed by atoms with Gasteiger partial charge >= 0.3 is 6.16 Å². The van der Waals surface area contributed by atoms with Gasteiger partial charge in [-0.1, -0.05) is 45.2 Å². The molecule has 3 heterocycles. The van der Waals surface area contributed by atoms with E-state index in [1.54, 1.807) is 7.05 Å². The molecule has 0 saturated heterocycles. The van der Waals surface area contributed by atoms with E-state index in [9.17, 15) is 4.79 Å². The maximum Gasteiger partial charge on any atom is 0.509 e. The Labute approximate surface area is 235 Å². The smallest absolute Gasteiger partial charge is 0.454 e. The van der Waals surface area contributed by atoms with Crippen molar-refractivity contribution in [2.45, 2.75) is 91.9 Å². The Morgan fingerprint density at radius 1 is 1.21 bits per heavy atom. The van der Waals surface area contributed by atoms with Crippen LogP contribution < -0.4 is 10.6 Å². The molecule has 1 fully saturated rings. The van der Waals surface area contributed by atoms with Crippen molar-refractivity contribution >= 4 is 40.5 Å². The molecule has 1 aliphatic rings.